The van der Waals surface area contributed by atoms with Gasteiger partial charge in [-0.1, -0.05) is 37.7 Å². The third-order valence-electron chi connectivity index (χ3n) is 4.97. The number of hydrogen-bond donors (Lipinski definition) is 1. The van der Waals surface area contributed by atoms with E-state index in [0.29, 0.717) is 37.0 Å². The lowest BCUT2D eigenvalue weighted by atomic mass is 10.0. The Hall–Kier alpha value is -1.91. The van der Waals surface area contributed by atoms with Gasteiger partial charge in [-0.05, 0) is 36.5 Å². The van der Waals surface area contributed by atoms with Gasteiger partial charge in [-0.3, -0.25) is 9.36 Å². The number of sulfonamides is 1. The molecule has 1 aromatic carbocycles. The topological polar surface area (TPSA) is 97.2 Å². The van der Waals surface area contributed by atoms with Crippen molar-refractivity contribution in [2.24, 2.45) is 0 Å². The van der Waals surface area contributed by atoms with E-state index in [4.69, 9.17) is 0 Å². The minimum absolute atomic E-state index is 0.00236. The number of nitrogens with zero attached hydrogens (tertiary/aromatic N) is 4. The van der Waals surface area contributed by atoms with Gasteiger partial charge >= 0.3 is 0 Å². The van der Waals surface area contributed by atoms with Crippen molar-refractivity contribution < 1.29 is 13.2 Å². The molecular weight excluding hydrogens is 410 g/mol. The number of thioether (sulfide) groups is 1. The predicted molar refractivity (Wildman–Crippen MR) is 114 cm³/mol. The summed E-state index contributed by atoms with van der Waals surface area (Å²) in [5, 5.41) is 11.8. The van der Waals surface area contributed by atoms with Crippen LogP contribution in [0, 0.1) is 0 Å². The average molecular weight is 438 g/mol. The van der Waals surface area contributed by atoms with Crippen LogP contribution in [0.2, 0.25) is 0 Å². The summed E-state index contributed by atoms with van der Waals surface area (Å²) in [6.45, 7) is 5.19. The molecule has 3 rings (SSSR count). The number of piperidine rings is 1. The van der Waals surface area contributed by atoms with Gasteiger partial charge in [-0.25, -0.2) is 12.7 Å². The van der Waals surface area contributed by atoms with Crippen LogP contribution in [0.3, 0.4) is 0 Å². The van der Waals surface area contributed by atoms with Crippen molar-refractivity contribution in [1.82, 2.24) is 24.4 Å². The number of carbonyl (C=O) groups is 1. The lowest BCUT2D eigenvalue weighted by Crippen LogP contribution is -2.46. The lowest BCUT2D eigenvalue weighted by Gasteiger charge is -2.30. The van der Waals surface area contributed by atoms with Crippen LogP contribution in [0.1, 0.15) is 38.2 Å². The number of carbonyl (C=O) groups excluding carboxylic acids is 1. The Morgan fingerprint density at radius 1 is 1.24 bits per heavy atom. The molecule has 1 fully saturated rings. The first-order valence-corrected chi connectivity index (χ1v) is 12.4. The third kappa shape index (κ3) is 5.80. The fourth-order valence-electron chi connectivity index (χ4n) is 3.25. The van der Waals surface area contributed by atoms with Crippen molar-refractivity contribution in [2.75, 3.05) is 25.1 Å². The number of hydrogen-bond acceptors (Lipinski definition) is 6. The summed E-state index contributed by atoms with van der Waals surface area (Å²) >= 11 is 1.33. The Bertz CT molecular complexity index is 933. The fourth-order valence-corrected chi connectivity index (χ4v) is 4.87. The molecule has 1 amide bonds. The van der Waals surface area contributed by atoms with E-state index < -0.39 is 10.0 Å². The zero-order valence-corrected chi connectivity index (χ0v) is 18.5. The standard InChI is InChI=1S/C19H27N5O3S2/c1-14(2)15-4-6-17(7-5-15)24-13-20-22-19(24)28-12-18(25)21-16-8-10-23(11-9-16)29(3,26)27/h4-7,13-14,16H,8-12H2,1-3H3,(H,21,25). The quantitative estimate of drug-likeness (QED) is 0.666. The first-order valence-electron chi connectivity index (χ1n) is 9.61. The molecule has 1 N–H and O–H groups in total. The zero-order valence-electron chi connectivity index (χ0n) is 16.9. The second-order valence-electron chi connectivity index (χ2n) is 7.52. The van der Waals surface area contributed by atoms with Gasteiger partial charge < -0.3 is 5.32 Å². The maximum Gasteiger partial charge on any atom is 0.230 e. The van der Waals surface area contributed by atoms with Crippen molar-refractivity contribution >= 4 is 27.7 Å². The molecule has 10 heteroatoms. The molecule has 158 valence electrons. The Labute approximate surface area is 176 Å². The molecule has 8 nitrogen and oxygen atoms in total. The van der Waals surface area contributed by atoms with E-state index in [-0.39, 0.29) is 17.7 Å². The minimum atomic E-state index is -3.16. The largest absolute Gasteiger partial charge is 0.353 e. The highest BCUT2D eigenvalue weighted by molar-refractivity contribution is 7.99. The lowest BCUT2D eigenvalue weighted by molar-refractivity contribution is -0.119. The molecule has 0 aliphatic carbocycles. The van der Waals surface area contributed by atoms with Gasteiger partial charge in [0, 0.05) is 24.8 Å². The third-order valence-corrected chi connectivity index (χ3v) is 7.22. The first kappa shape index (κ1) is 21.8. The zero-order chi connectivity index (χ0) is 21.0. The van der Waals surface area contributed by atoms with Crippen molar-refractivity contribution in [3.63, 3.8) is 0 Å². The molecule has 1 saturated heterocycles. The predicted octanol–water partition coefficient (Wildman–Crippen LogP) is 2.02. The van der Waals surface area contributed by atoms with Crippen molar-refractivity contribution in [3.8, 4) is 5.69 Å². The second kappa shape index (κ2) is 9.27. The van der Waals surface area contributed by atoms with E-state index in [1.807, 2.05) is 16.7 Å². The van der Waals surface area contributed by atoms with Crippen LogP contribution >= 0.6 is 11.8 Å². The Balaban J connectivity index is 1.52. The van der Waals surface area contributed by atoms with Crippen LogP contribution in [0.5, 0.6) is 0 Å². The van der Waals surface area contributed by atoms with E-state index in [1.54, 1.807) is 6.33 Å². The normalized spacial score (nSPS) is 16.3. The van der Waals surface area contributed by atoms with Crippen LogP contribution in [0.25, 0.3) is 5.69 Å². The van der Waals surface area contributed by atoms with Crippen molar-refractivity contribution in [3.05, 3.63) is 36.2 Å². The van der Waals surface area contributed by atoms with Crippen molar-refractivity contribution in [1.29, 1.82) is 0 Å². The van der Waals surface area contributed by atoms with Gasteiger partial charge in [-0.15, -0.1) is 10.2 Å². The molecule has 0 atom stereocenters. The highest BCUT2D eigenvalue weighted by atomic mass is 32.2. The highest BCUT2D eigenvalue weighted by Crippen LogP contribution is 2.22. The molecule has 1 aromatic heterocycles. The van der Waals surface area contributed by atoms with Crippen LogP contribution < -0.4 is 5.32 Å². The van der Waals surface area contributed by atoms with Gasteiger partial charge in [0.25, 0.3) is 0 Å². The fraction of sp³-hybridized carbons (Fsp3) is 0.526. The summed E-state index contributed by atoms with van der Waals surface area (Å²) < 4.78 is 26.5. The Kier molecular flexibility index (Phi) is 6.97. The second-order valence-corrected chi connectivity index (χ2v) is 10.4. The molecule has 0 radical (unpaired) electrons. The Morgan fingerprint density at radius 2 is 1.90 bits per heavy atom. The smallest absolute Gasteiger partial charge is 0.230 e. The monoisotopic (exact) mass is 437 g/mol. The molecule has 1 aliphatic heterocycles. The minimum Gasteiger partial charge on any atom is -0.353 e. The first-order chi connectivity index (χ1) is 13.7. The Morgan fingerprint density at radius 3 is 2.48 bits per heavy atom. The summed E-state index contributed by atoms with van der Waals surface area (Å²) in [5.74, 6) is 0.610. The molecule has 1 aliphatic rings. The van der Waals surface area contributed by atoms with Gasteiger partial charge in [0.2, 0.25) is 15.9 Å². The molecule has 0 bridgehead atoms. The summed E-state index contributed by atoms with van der Waals surface area (Å²) in [5.41, 5.74) is 2.22. The molecule has 2 aromatic rings. The maximum absolute atomic E-state index is 12.3. The maximum atomic E-state index is 12.3. The molecule has 2 heterocycles. The molecule has 0 spiro atoms. The van der Waals surface area contributed by atoms with E-state index in [0.717, 1.165) is 5.69 Å². The number of benzene rings is 1. The number of rotatable bonds is 7. The van der Waals surface area contributed by atoms with Crippen LogP contribution in [-0.2, 0) is 14.8 Å². The number of nitrogens with one attached hydrogen (secondary N) is 1. The summed E-state index contributed by atoms with van der Waals surface area (Å²) in [6.07, 6.45) is 4.12. The van der Waals surface area contributed by atoms with Crippen molar-refractivity contribution in [2.45, 2.75) is 43.8 Å². The average Bonchev–Trinajstić information content (AvgIpc) is 3.15. The van der Waals surface area contributed by atoms with Crippen LogP contribution in [0.15, 0.2) is 35.7 Å². The van der Waals surface area contributed by atoms with Crippen LogP contribution in [-0.4, -0.2) is 64.5 Å². The number of amides is 1. The van der Waals surface area contributed by atoms with Crippen LogP contribution in [0.4, 0.5) is 0 Å². The van der Waals surface area contributed by atoms with E-state index in [2.05, 4.69) is 41.5 Å². The summed E-state index contributed by atoms with van der Waals surface area (Å²) in [4.78, 5) is 12.3. The SMILES string of the molecule is CC(C)c1ccc(-n2cnnc2SCC(=O)NC2CCN(S(C)(=O)=O)CC2)cc1. The molecular formula is C19H27N5O3S2. The molecule has 0 saturated carbocycles. The van der Waals surface area contributed by atoms with E-state index >= 15 is 0 Å². The van der Waals surface area contributed by atoms with E-state index in [1.165, 1.54) is 27.9 Å². The molecule has 0 unspecified atom stereocenters. The summed E-state index contributed by atoms with van der Waals surface area (Å²) in [6, 6.07) is 8.23. The van der Waals surface area contributed by atoms with E-state index in [9.17, 15) is 13.2 Å². The summed E-state index contributed by atoms with van der Waals surface area (Å²) in [7, 11) is -3.16. The highest BCUT2D eigenvalue weighted by Gasteiger charge is 2.25. The van der Waals surface area contributed by atoms with Gasteiger partial charge in [0.1, 0.15) is 6.33 Å². The van der Waals surface area contributed by atoms with Gasteiger partial charge in [0.15, 0.2) is 5.16 Å². The van der Waals surface area contributed by atoms with Gasteiger partial charge in [-0.2, -0.15) is 0 Å². The number of aromatic nitrogens is 3. The molecule has 29 heavy (non-hydrogen) atoms. The van der Waals surface area contributed by atoms with Gasteiger partial charge in [0.05, 0.1) is 12.0 Å².